The maximum absolute atomic E-state index is 12.6. The number of carboxylic acids is 1. The van der Waals surface area contributed by atoms with E-state index in [1.165, 1.54) is 12.8 Å². The third-order valence-corrected chi connectivity index (χ3v) is 6.70. The fourth-order valence-corrected chi connectivity index (χ4v) is 5.36. The number of hydrogen-bond acceptors (Lipinski definition) is 3. The van der Waals surface area contributed by atoms with Crippen LogP contribution in [0.1, 0.15) is 52.4 Å². The second kappa shape index (κ2) is 5.92. The Labute approximate surface area is 117 Å². The molecule has 19 heavy (non-hydrogen) atoms. The number of ether oxygens (including phenoxy) is 1. The Bertz CT molecular complexity index is 360. The van der Waals surface area contributed by atoms with Gasteiger partial charge in [-0.25, -0.2) is 0 Å². The number of hydrogen-bond donors (Lipinski definition) is 1. The highest BCUT2D eigenvalue weighted by Crippen LogP contribution is 2.41. The van der Waals surface area contributed by atoms with Crippen LogP contribution in [0.15, 0.2) is 0 Å². The number of carbonyl (C=O) groups is 1. The minimum absolute atomic E-state index is 0.0182. The maximum atomic E-state index is 12.6. The van der Waals surface area contributed by atoms with Gasteiger partial charge in [0, 0.05) is 22.7 Å². The molecule has 0 aromatic heterocycles. The first-order chi connectivity index (χ1) is 8.95. The van der Waals surface area contributed by atoms with Crippen molar-refractivity contribution in [3.63, 3.8) is 0 Å². The van der Waals surface area contributed by atoms with Crippen LogP contribution in [-0.2, 0) is 20.3 Å². The van der Waals surface area contributed by atoms with Gasteiger partial charge in [-0.3, -0.25) is 9.00 Å². The molecule has 1 spiro atoms. The van der Waals surface area contributed by atoms with E-state index < -0.39 is 22.0 Å². The molecule has 1 heterocycles. The molecule has 2 aliphatic rings. The molecule has 1 aliphatic heterocycles. The van der Waals surface area contributed by atoms with Crippen molar-refractivity contribution in [2.24, 2.45) is 5.92 Å². The van der Waals surface area contributed by atoms with E-state index in [0.717, 1.165) is 25.7 Å². The zero-order valence-corrected chi connectivity index (χ0v) is 12.6. The molecule has 4 nitrogen and oxygen atoms in total. The second-order valence-corrected chi connectivity index (χ2v) is 8.02. The Balaban J connectivity index is 2.08. The zero-order chi connectivity index (χ0) is 14.0. The molecule has 0 aromatic carbocycles. The first-order valence-electron chi connectivity index (χ1n) is 7.21. The monoisotopic (exact) mass is 288 g/mol. The summed E-state index contributed by atoms with van der Waals surface area (Å²) in [7, 11) is -1.31. The summed E-state index contributed by atoms with van der Waals surface area (Å²) in [5.41, 5.74) is -0.0986. The van der Waals surface area contributed by atoms with Gasteiger partial charge in [-0.1, -0.05) is 26.7 Å². The van der Waals surface area contributed by atoms with Crippen molar-refractivity contribution in [3.8, 4) is 0 Å². The minimum Gasteiger partial charge on any atom is -0.480 e. The van der Waals surface area contributed by atoms with Gasteiger partial charge in [0.1, 0.15) is 5.25 Å². The first-order valence-corrected chi connectivity index (χ1v) is 8.49. The van der Waals surface area contributed by atoms with Gasteiger partial charge in [0.15, 0.2) is 0 Å². The van der Waals surface area contributed by atoms with Gasteiger partial charge in [-0.2, -0.15) is 0 Å². The predicted molar refractivity (Wildman–Crippen MR) is 74.6 cm³/mol. The summed E-state index contributed by atoms with van der Waals surface area (Å²) >= 11 is 0. The van der Waals surface area contributed by atoms with Crippen molar-refractivity contribution in [2.45, 2.75) is 68.5 Å². The molecule has 5 heteroatoms. The third kappa shape index (κ3) is 3.19. The highest BCUT2D eigenvalue weighted by atomic mass is 32.2. The molecule has 0 amide bonds. The SMILES string of the molecule is CC(C)C(C(=O)O)S(=O)C1CCOC2(CCCC2)C1. The summed E-state index contributed by atoms with van der Waals surface area (Å²) in [6.45, 7) is 4.30. The van der Waals surface area contributed by atoms with Gasteiger partial charge in [0.05, 0.1) is 5.60 Å². The number of aliphatic carboxylic acids is 1. The van der Waals surface area contributed by atoms with E-state index in [4.69, 9.17) is 4.74 Å². The van der Waals surface area contributed by atoms with Gasteiger partial charge >= 0.3 is 5.97 Å². The molecule has 110 valence electrons. The Kier molecular flexibility index (Phi) is 4.66. The van der Waals surface area contributed by atoms with Crippen LogP contribution in [0.2, 0.25) is 0 Å². The molecule has 3 atom stereocenters. The smallest absolute Gasteiger partial charge is 0.319 e. The Hall–Kier alpha value is -0.420. The quantitative estimate of drug-likeness (QED) is 0.862. The fraction of sp³-hybridized carbons (Fsp3) is 0.929. The van der Waals surface area contributed by atoms with Crippen molar-refractivity contribution in [1.29, 1.82) is 0 Å². The molecular weight excluding hydrogens is 264 g/mol. The van der Waals surface area contributed by atoms with Crippen LogP contribution in [0.25, 0.3) is 0 Å². The molecule has 2 fully saturated rings. The molecule has 2 rings (SSSR count). The lowest BCUT2D eigenvalue weighted by atomic mass is 9.92. The van der Waals surface area contributed by atoms with Gasteiger partial charge in [0.25, 0.3) is 0 Å². The van der Waals surface area contributed by atoms with Crippen LogP contribution in [0, 0.1) is 5.92 Å². The van der Waals surface area contributed by atoms with Crippen LogP contribution in [0.4, 0.5) is 0 Å². The molecule has 1 saturated carbocycles. The first kappa shape index (κ1) is 15.0. The van der Waals surface area contributed by atoms with Crippen LogP contribution in [0.5, 0.6) is 0 Å². The normalized spacial score (nSPS) is 29.5. The molecule has 3 unspecified atom stereocenters. The molecule has 0 radical (unpaired) electrons. The van der Waals surface area contributed by atoms with Crippen molar-refractivity contribution in [2.75, 3.05) is 6.61 Å². The summed E-state index contributed by atoms with van der Waals surface area (Å²) in [6, 6.07) is 0. The molecule has 0 bridgehead atoms. The van der Waals surface area contributed by atoms with E-state index in [2.05, 4.69) is 0 Å². The van der Waals surface area contributed by atoms with Crippen LogP contribution < -0.4 is 0 Å². The topological polar surface area (TPSA) is 63.6 Å². The van der Waals surface area contributed by atoms with E-state index in [1.54, 1.807) is 0 Å². The lowest BCUT2D eigenvalue weighted by molar-refractivity contribution is -0.137. The Morgan fingerprint density at radius 2 is 2.00 bits per heavy atom. The molecule has 0 aromatic rings. The standard InChI is InChI=1S/C14H24O4S/c1-10(2)12(13(15)16)19(17)11-5-8-18-14(9-11)6-3-4-7-14/h10-12H,3-9H2,1-2H3,(H,15,16). The van der Waals surface area contributed by atoms with E-state index in [1.807, 2.05) is 13.8 Å². The summed E-state index contributed by atoms with van der Waals surface area (Å²) < 4.78 is 18.5. The number of carboxylic acid groups (broad SMARTS) is 1. The minimum atomic E-state index is -1.31. The average Bonchev–Trinajstić information content (AvgIpc) is 2.76. The fourth-order valence-electron chi connectivity index (χ4n) is 3.41. The van der Waals surface area contributed by atoms with Crippen LogP contribution in [-0.4, -0.2) is 38.0 Å². The van der Waals surface area contributed by atoms with Crippen molar-refractivity contribution in [1.82, 2.24) is 0 Å². The second-order valence-electron chi connectivity index (χ2n) is 6.18. The van der Waals surface area contributed by atoms with Crippen LogP contribution in [0.3, 0.4) is 0 Å². The van der Waals surface area contributed by atoms with Gasteiger partial charge < -0.3 is 9.84 Å². The zero-order valence-electron chi connectivity index (χ0n) is 11.8. The summed E-state index contributed by atoms with van der Waals surface area (Å²) in [6.07, 6.45) is 5.93. The van der Waals surface area contributed by atoms with E-state index in [9.17, 15) is 14.1 Å². The van der Waals surface area contributed by atoms with E-state index >= 15 is 0 Å². The summed E-state index contributed by atoms with van der Waals surface area (Å²) in [5, 5.41) is 8.51. The Morgan fingerprint density at radius 1 is 1.37 bits per heavy atom. The van der Waals surface area contributed by atoms with Gasteiger partial charge in [-0.05, 0) is 31.6 Å². The third-order valence-electron chi connectivity index (χ3n) is 4.39. The van der Waals surface area contributed by atoms with E-state index in [0.29, 0.717) is 6.61 Å². The number of rotatable bonds is 4. The lowest BCUT2D eigenvalue weighted by Gasteiger charge is -2.38. The maximum Gasteiger partial charge on any atom is 0.319 e. The summed E-state index contributed by atoms with van der Waals surface area (Å²) in [4.78, 5) is 11.3. The van der Waals surface area contributed by atoms with Crippen LogP contribution >= 0.6 is 0 Å². The van der Waals surface area contributed by atoms with E-state index in [-0.39, 0.29) is 16.8 Å². The Morgan fingerprint density at radius 3 is 2.53 bits per heavy atom. The van der Waals surface area contributed by atoms with Gasteiger partial charge in [-0.15, -0.1) is 0 Å². The van der Waals surface area contributed by atoms with Gasteiger partial charge in [0.2, 0.25) is 0 Å². The van der Waals surface area contributed by atoms with Crippen molar-refractivity contribution in [3.05, 3.63) is 0 Å². The lowest BCUT2D eigenvalue weighted by Crippen LogP contribution is -2.45. The predicted octanol–water partition coefficient (Wildman–Crippen LogP) is 2.34. The largest absolute Gasteiger partial charge is 0.480 e. The molecule has 1 N–H and O–H groups in total. The van der Waals surface area contributed by atoms with Crippen molar-refractivity contribution >= 4 is 16.8 Å². The molecule has 1 saturated heterocycles. The average molecular weight is 288 g/mol. The summed E-state index contributed by atoms with van der Waals surface area (Å²) in [5.74, 6) is -1.03. The molecule has 1 aliphatic carbocycles. The molecular formula is C14H24O4S. The highest BCUT2D eigenvalue weighted by molar-refractivity contribution is 7.87. The highest BCUT2D eigenvalue weighted by Gasteiger charge is 2.44. The van der Waals surface area contributed by atoms with Crippen molar-refractivity contribution < 1.29 is 18.8 Å².